The topological polar surface area (TPSA) is 91.4 Å². The smallest absolute Gasteiger partial charge is 0.325 e. The van der Waals surface area contributed by atoms with Gasteiger partial charge in [0.15, 0.2) is 5.13 Å². The number of thiazole rings is 1. The van der Waals surface area contributed by atoms with Crippen molar-refractivity contribution >= 4 is 45.9 Å². The number of benzene rings is 1. The van der Waals surface area contributed by atoms with Gasteiger partial charge in [-0.25, -0.2) is 9.78 Å². The Morgan fingerprint density at radius 3 is 2.85 bits per heavy atom. The lowest BCUT2D eigenvalue weighted by atomic mass is 10.1. The van der Waals surface area contributed by atoms with Crippen LogP contribution in [0.25, 0.3) is 0 Å². The molecule has 1 aromatic heterocycles. The maximum Gasteiger partial charge on any atom is 0.325 e. The first-order valence-corrected chi connectivity index (χ1v) is 9.27. The van der Waals surface area contributed by atoms with E-state index in [0.717, 1.165) is 10.6 Å². The lowest BCUT2D eigenvalue weighted by Crippen LogP contribution is -2.31. The second kappa shape index (κ2) is 7.84. The minimum atomic E-state index is -0.714. The summed E-state index contributed by atoms with van der Waals surface area (Å²) in [4.78, 5) is 41.8. The van der Waals surface area contributed by atoms with Crippen LogP contribution in [0.3, 0.4) is 0 Å². The van der Waals surface area contributed by atoms with E-state index in [-0.39, 0.29) is 31.2 Å². The first-order chi connectivity index (χ1) is 12.4. The highest BCUT2D eigenvalue weighted by atomic mass is 35.5. The fourth-order valence-electron chi connectivity index (χ4n) is 2.59. The molecule has 0 spiro atoms. The molecule has 9 heteroatoms. The molecule has 0 radical (unpaired) electrons. The number of urea groups is 1. The third kappa shape index (κ3) is 4.20. The molecule has 0 saturated carbocycles. The van der Waals surface area contributed by atoms with E-state index in [1.165, 1.54) is 11.3 Å². The molecule has 7 nitrogen and oxygen atoms in total. The van der Waals surface area contributed by atoms with Crippen molar-refractivity contribution in [2.75, 3.05) is 5.32 Å². The first-order valence-electron chi connectivity index (χ1n) is 8.01. The molecule has 1 aliphatic heterocycles. The standard InChI is InChI=1S/C17H17ClN4O3S/c1-10-9-26-16(19-10)21-14(23)7-6-13-15(24)22(17(25)20-13)8-11-4-2-3-5-12(11)18/h2-5,9,13H,6-8H2,1H3,(H,20,25)(H,19,21,23)/t13-/m0/s1. The summed E-state index contributed by atoms with van der Waals surface area (Å²) in [7, 11) is 0. The van der Waals surface area contributed by atoms with Gasteiger partial charge in [0.2, 0.25) is 5.91 Å². The Balaban J connectivity index is 1.55. The van der Waals surface area contributed by atoms with Gasteiger partial charge in [0.05, 0.1) is 12.2 Å². The third-order valence-electron chi connectivity index (χ3n) is 3.92. The number of halogens is 1. The van der Waals surface area contributed by atoms with Gasteiger partial charge in [-0.3, -0.25) is 14.5 Å². The molecular formula is C17H17ClN4O3S. The summed E-state index contributed by atoms with van der Waals surface area (Å²) in [5.74, 6) is -0.598. The van der Waals surface area contributed by atoms with E-state index in [4.69, 9.17) is 11.6 Å². The van der Waals surface area contributed by atoms with Crippen LogP contribution < -0.4 is 10.6 Å². The number of aromatic nitrogens is 1. The van der Waals surface area contributed by atoms with E-state index >= 15 is 0 Å². The Bertz CT molecular complexity index is 854. The van der Waals surface area contributed by atoms with E-state index in [2.05, 4.69) is 15.6 Å². The van der Waals surface area contributed by atoms with Crippen LogP contribution >= 0.6 is 22.9 Å². The average Bonchev–Trinajstić information content (AvgIpc) is 3.12. The summed E-state index contributed by atoms with van der Waals surface area (Å²) in [5, 5.41) is 8.16. The van der Waals surface area contributed by atoms with Gasteiger partial charge in [-0.15, -0.1) is 11.3 Å². The number of carbonyl (C=O) groups excluding carboxylic acids is 3. The van der Waals surface area contributed by atoms with Gasteiger partial charge in [-0.1, -0.05) is 29.8 Å². The molecule has 2 aromatic rings. The monoisotopic (exact) mass is 392 g/mol. The summed E-state index contributed by atoms with van der Waals surface area (Å²) >= 11 is 7.43. The Labute approximate surface area is 159 Å². The quantitative estimate of drug-likeness (QED) is 0.739. The second-order valence-corrected chi connectivity index (χ2v) is 7.16. The number of amides is 4. The predicted molar refractivity (Wildman–Crippen MR) is 99.0 cm³/mol. The van der Waals surface area contributed by atoms with Crippen molar-refractivity contribution in [2.24, 2.45) is 0 Å². The van der Waals surface area contributed by atoms with E-state index in [9.17, 15) is 14.4 Å². The molecule has 26 heavy (non-hydrogen) atoms. The molecule has 1 fully saturated rings. The van der Waals surface area contributed by atoms with Crippen LogP contribution in [-0.2, 0) is 16.1 Å². The maximum atomic E-state index is 12.5. The molecule has 0 aliphatic carbocycles. The fourth-order valence-corrected chi connectivity index (χ4v) is 3.49. The molecule has 1 saturated heterocycles. The molecule has 1 aromatic carbocycles. The van der Waals surface area contributed by atoms with Crippen LogP contribution in [0, 0.1) is 6.92 Å². The SMILES string of the molecule is Cc1csc(NC(=O)CC[C@@H]2NC(=O)N(Cc3ccccc3Cl)C2=O)n1. The summed E-state index contributed by atoms with van der Waals surface area (Å²) in [5.41, 5.74) is 1.52. The Morgan fingerprint density at radius 1 is 1.38 bits per heavy atom. The van der Waals surface area contributed by atoms with Crippen molar-refractivity contribution in [2.45, 2.75) is 32.4 Å². The molecule has 2 heterocycles. The third-order valence-corrected chi connectivity index (χ3v) is 5.16. The predicted octanol–water partition coefficient (Wildman–Crippen LogP) is 2.94. The van der Waals surface area contributed by atoms with E-state index < -0.39 is 12.1 Å². The molecule has 1 atom stereocenters. The van der Waals surface area contributed by atoms with Crippen LogP contribution in [0.5, 0.6) is 0 Å². The number of nitrogens with zero attached hydrogens (tertiary/aromatic N) is 2. The zero-order valence-corrected chi connectivity index (χ0v) is 15.6. The highest BCUT2D eigenvalue weighted by molar-refractivity contribution is 7.13. The molecular weight excluding hydrogens is 376 g/mol. The minimum Gasteiger partial charge on any atom is -0.326 e. The molecule has 0 unspecified atom stereocenters. The number of hydrogen-bond acceptors (Lipinski definition) is 5. The van der Waals surface area contributed by atoms with E-state index in [1.54, 1.807) is 24.3 Å². The average molecular weight is 393 g/mol. The first kappa shape index (κ1) is 18.3. The van der Waals surface area contributed by atoms with Crippen LogP contribution in [0.1, 0.15) is 24.1 Å². The molecule has 0 bridgehead atoms. The lowest BCUT2D eigenvalue weighted by molar-refractivity contribution is -0.128. The normalized spacial score (nSPS) is 16.7. The summed E-state index contributed by atoms with van der Waals surface area (Å²) in [6, 6.07) is 5.85. The van der Waals surface area contributed by atoms with Crippen molar-refractivity contribution in [3.8, 4) is 0 Å². The molecule has 1 aliphatic rings. The minimum absolute atomic E-state index is 0.103. The number of hydrogen-bond donors (Lipinski definition) is 2. The van der Waals surface area contributed by atoms with Gasteiger partial charge in [0.25, 0.3) is 5.91 Å². The number of rotatable bonds is 6. The number of anilines is 1. The summed E-state index contributed by atoms with van der Waals surface area (Å²) in [6.45, 7) is 1.94. The van der Waals surface area contributed by atoms with Crippen molar-refractivity contribution in [1.82, 2.24) is 15.2 Å². The summed E-state index contributed by atoms with van der Waals surface area (Å²) in [6.07, 6.45) is 0.328. The number of imide groups is 1. The van der Waals surface area contributed by atoms with E-state index in [1.807, 2.05) is 12.3 Å². The van der Waals surface area contributed by atoms with Crippen LogP contribution in [0.4, 0.5) is 9.93 Å². The van der Waals surface area contributed by atoms with Gasteiger partial charge >= 0.3 is 6.03 Å². The van der Waals surface area contributed by atoms with Gasteiger partial charge < -0.3 is 10.6 Å². The molecule has 2 N–H and O–H groups in total. The molecule has 3 rings (SSSR count). The van der Waals surface area contributed by atoms with Gasteiger partial charge in [-0.05, 0) is 25.0 Å². The maximum absolute atomic E-state index is 12.5. The van der Waals surface area contributed by atoms with Crippen molar-refractivity contribution < 1.29 is 14.4 Å². The molecule has 4 amide bonds. The van der Waals surface area contributed by atoms with Gasteiger partial charge in [0.1, 0.15) is 6.04 Å². The van der Waals surface area contributed by atoms with Crippen molar-refractivity contribution in [1.29, 1.82) is 0 Å². The largest absolute Gasteiger partial charge is 0.326 e. The molecule has 136 valence electrons. The zero-order chi connectivity index (χ0) is 18.7. The Morgan fingerprint density at radius 2 is 2.15 bits per heavy atom. The van der Waals surface area contributed by atoms with Gasteiger partial charge in [0, 0.05) is 16.8 Å². The number of carbonyl (C=O) groups is 3. The second-order valence-electron chi connectivity index (χ2n) is 5.90. The van der Waals surface area contributed by atoms with Crippen molar-refractivity contribution in [3.05, 3.63) is 45.9 Å². The van der Waals surface area contributed by atoms with Crippen molar-refractivity contribution in [3.63, 3.8) is 0 Å². The summed E-state index contributed by atoms with van der Waals surface area (Å²) < 4.78 is 0. The Kier molecular flexibility index (Phi) is 5.53. The van der Waals surface area contributed by atoms with E-state index in [0.29, 0.717) is 15.7 Å². The van der Waals surface area contributed by atoms with Crippen LogP contribution in [-0.4, -0.2) is 33.8 Å². The Hall–Kier alpha value is -2.45. The van der Waals surface area contributed by atoms with Gasteiger partial charge in [-0.2, -0.15) is 0 Å². The number of nitrogens with one attached hydrogen (secondary N) is 2. The van der Waals surface area contributed by atoms with Crippen LogP contribution in [0.2, 0.25) is 5.02 Å². The number of aryl methyl sites for hydroxylation is 1. The zero-order valence-electron chi connectivity index (χ0n) is 14.0. The van der Waals surface area contributed by atoms with Crippen LogP contribution in [0.15, 0.2) is 29.6 Å². The lowest BCUT2D eigenvalue weighted by Gasteiger charge is -2.14. The highest BCUT2D eigenvalue weighted by Crippen LogP contribution is 2.21. The fraction of sp³-hybridized carbons (Fsp3) is 0.294. The highest BCUT2D eigenvalue weighted by Gasteiger charge is 2.38.